The van der Waals surface area contributed by atoms with Gasteiger partial charge in [-0.2, -0.15) is 0 Å². The standard InChI is InChI=1S/C16H16O3/c1-11-9-14(4-3-13(11)10-16(17)18)12-5-7-15(19-2)8-6-12/h3-9H,10H2,1-2H3,(H,17,18). The fraction of sp³-hybridized carbons (Fsp3) is 0.188. The Balaban J connectivity index is 2.30. The van der Waals surface area contributed by atoms with Crippen LogP contribution in [0.25, 0.3) is 11.1 Å². The minimum atomic E-state index is -0.805. The Morgan fingerprint density at radius 2 is 1.74 bits per heavy atom. The maximum absolute atomic E-state index is 10.7. The van der Waals surface area contributed by atoms with Gasteiger partial charge >= 0.3 is 5.97 Å². The lowest BCUT2D eigenvalue weighted by Crippen LogP contribution is -2.01. The van der Waals surface area contributed by atoms with Crippen LogP contribution in [0.15, 0.2) is 42.5 Å². The predicted octanol–water partition coefficient (Wildman–Crippen LogP) is 3.30. The highest BCUT2D eigenvalue weighted by molar-refractivity contribution is 5.72. The van der Waals surface area contributed by atoms with E-state index in [-0.39, 0.29) is 6.42 Å². The lowest BCUT2D eigenvalue weighted by molar-refractivity contribution is -0.136. The van der Waals surface area contributed by atoms with Gasteiger partial charge in [-0.25, -0.2) is 0 Å². The second-order valence-corrected chi connectivity index (χ2v) is 4.44. The van der Waals surface area contributed by atoms with E-state index in [4.69, 9.17) is 9.84 Å². The van der Waals surface area contributed by atoms with E-state index in [1.165, 1.54) is 0 Å². The first kappa shape index (κ1) is 13.1. The Morgan fingerprint density at radius 3 is 2.26 bits per heavy atom. The second kappa shape index (κ2) is 5.57. The van der Waals surface area contributed by atoms with Crippen LogP contribution in [-0.2, 0) is 11.2 Å². The average Bonchev–Trinajstić information content (AvgIpc) is 2.41. The fourth-order valence-corrected chi connectivity index (χ4v) is 2.02. The number of benzene rings is 2. The number of aliphatic carboxylic acids is 1. The van der Waals surface area contributed by atoms with E-state index in [9.17, 15) is 4.79 Å². The van der Waals surface area contributed by atoms with Crippen LogP contribution in [0.2, 0.25) is 0 Å². The van der Waals surface area contributed by atoms with Gasteiger partial charge in [-0.05, 0) is 41.3 Å². The minimum absolute atomic E-state index is 0.0642. The van der Waals surface area contributed by atoms with Gasteiger partial charge in [-0.15, -0.1) is 0 Å². The zero-order chi connectivity index (χ0) is 13.8. The lowest BCUT2D eigenvalue weighted by Gasteiger charge is -2.08. The summed E-state index contributed by atoms with van der Waals surface area (Å²) in [6.07, 6.45) is 0.0642. The van der Waals surface area contributed by atoms with Gasteiger partial charge in [0.1, 0.15) is 5.75 Å². The van der Waals surface area contributed by atoms with Crippen LogP contribution in [0, 0.1) is 6.92 Å². The van der Waals surface area contributed by atoms with Crippen molar-refractivity contribution in [2.75, 3.05) is 7.11 Å². The largest absolute Gasteiger partial charge is 0.497 e. The molecular weight excluding hydrogens is 240 g/mol. The third-order valence-corrected chi connectivity index (χ3v) is 3.11. The Morgan fingerprint density at radius 1 is 1.11 bits per heavy atom. The molecule has 0 heterocycles. The van der Waals surface area contributed by atoms with Gasteiger partial charge < -0.3 is 9.84 Å². The van der Waals surface area contributed by atoms with Gasteiger partial charge in [-0.1, -0.05) is 30.3 Å². The van der Waals surface area contributed by atoms with Crippen molar-refractivity contribution in [3.63, 3.8) is 0 Å². The molecule has 2 rings (SSSR count). The summed E-state index contributed by atoms with van der Waals surface area (Å²) in [7, 11) is 1.64. The van der Waals surface area contributed by atoms with Crippen molar-refractivity contribution < 1.29 is 14.6 Å². The molecular formula is C16H16O3. The average molecular weight is 256 g/mol. The highest BCUT2D eigenvalue weighted by Crippen LogP contribution is 2.24. The Labute approximate surface area is 112 Å². The molecule has 3 heteroatoms. The highest BCUT2D eigenvalue weighted by Gasteiger charge is 2.06. The normalized spacial score (nSPS) is 10.2. The van der Waals surface area contributed by atoms with Crippen LogP contribution in [0.5, 0.6) is 5.75 Å². The molecule has 98 valence electrons. The molecule has 19 heavy (non-hydrogen) atoms. The number of rotatable bonds is 4. The van der Waals surface area contributed by atoms with Gasteiger partial charge in [0.15, 0.2) is 0 Å². The van der Waals surface area contributed by atoms with Crippen LogP contribution in [0.3, 0.4) is 0 Å². The number of carboxylic acid groups (broad SMARTS) is 1. The summed E-state index contributed by atoms with van der Waals surface area (Å²) in [5.74, 6) is 0.0169. The molecule has 0 spiro atoms. The van der Waals surface area contributed by atoms with Crippen molar-refractivity contribution in [1.82, 2.24) is 0 Å². The number of carbonyl (C=O) groups is 1. The van der Waals surface area contributed by atoms with Crippen LogP contribution in [0.1, 0.15) is 11.1 Å². The third kappa shape index (κ3) is 3.13. The summed E-state index contributed by atoms with van der Waals surface area (Å²) in [5, 5.41) is 8.82. The van der Waals surface area contributed by atoms with Crippen LogP contribution >= 0.6 is 0 Å². The van der Waals surface area contributed by atoms with E-state index >= 15 is 0 Å². The quantitative estimate of drug-likeness (QED) is 0.913. The molecule has 0 aromatic heterocycles. The first-order chi connectivity index (χ1) is 9.10. The first-order valence-electron chi connectivity index (χ1n) is 6.06. The molecule has 0 saturated carbocycles. The molecule has 1 N–H and O–H groups in total. The maximum atomic E-state index is 10.7. The van der Waals surface area contributed by atoms with Crippen molar-refractivity contribution in [3.8, 4) is 16.9 Å². The maximum Gasteiger partial charge on any atom is 0.307 e. The molecule has 0 bridgehead atoms. The first-order valence-corrected chi connectivity index (χ1v) is 6.06. The number of aryl methyl sites for hydroxylation is 1. The molecule has 3 nitrogen and oxygen atoms in total. The van der Waals surface area contributed by atoms with Gasteiger partial charge in [0.2, 0.25) is 0 Å². The predicted molar refractivity (Wildman–Crippen MR) is 74.5 cm³/mol. The molecule has 2 aromatic rings. The van der Waals surface area contributed by atoms with Crippen LogP contribution in [0.4, 0.5) is 0 Å². The zero-order valence-electron chi connectivity index (χ0n) is 11.0. The molecule has 0 aliphatic heterocycles. The summed E-state index contributed by atoms with van der Waals surface area (Å²) < 4.78 is 5.13. The molecule has 0 fully saturated rings. The number of carboxylic acids is 1. The molecule has 0 amide bonds. The number of hydrogen-bond donors (Lipinski definition) is 1. The van der Waals surface area contributed by atoms with E-state index in [2.05, 4.69) is 0 Å². The highest BCUT2D eigenvalue weighted by atomic mass is 16.5. The molecule has 0 radical (unpaired) electrons. The summed E-state index contributed by atoms with van der Waals surface area (Å²) in [5.41, 5.74) is 4.01. The van der Waals surface area contributed by atoms with E-state index in [0.717, 1.165) is 28.0 Å². The van der Waals surface area contributed by atoms with Crippen molar-refractivity contribution in [2.45, 2.75) is 13.3 Å². The second-order valence-electron chi connectivity index (χ2n) is 4.44. The topological polar surface area (TPSA) is 46.5 Å². The smallest absolute Gasteiger partial charge is 0.307 e. The SMILES string of the molecule is COc1ccc(-c2ccc(CC(=O)O)c(C)c2)cc1. The van der Waals surface area contributed by atoms with E-state index in [1.54, 1.807) is 7.11 Å². The van der Waals surface area contributed by atoms with Crippen molar-refractivity contribution >= 4 is 5.97 Å². The van der Waals surface area contributed by atoms with Gasteiger partial charge in [0.25, 0.3) is 0 Å². The van der Waals surface area contributed by atoms with Crippen molar-refractivity contribution in [1.29, 1.82) is 0 Å². The van der Waals surface area contributed by atoms with Crippen LogP contribution < -0.4 is 4.74 Å². The number of methoxy groups -OCH3 is 1. The van der Waals surface area contributed by atoms with Gasteiger partial charge in [-0.3, -0.25) is 4.79 Å². The lowest BCUT2D eigenvalue weighted by atomic mass is 9.98. The summed E-state index contributed by atoms with van der Waals surface area (Å²) in [6.45, 7) is 1.94. The monoisotopic (exact) mass is 256 g/mol. The molecule has 0 saturated heterocycles. The zero-order valence-corrected chi connectivity index (χ0v) is 11.0. The summed E-state index contributed by atoms with van der Waals surface area (Å²) in [6, 6.07) is 13.6. The Kier molecular flexibility index (Phi) is 3.85. The minimum Gasteiger partial charge on any atom is -0.497 e. The van der Waals surface area contributed by atoms with Crippen molar-refractivity contribution in [3.05, 3.63) is 53.6 Å². The van der Waals surface area contributed by atoms with Gasteiger partial charge in [0, 0.05) is 0 Å². The Hall–Kier alpha value is -2.29. The van der Waals surface area contributed by atoms with Crippen LogP contribution in [-0.4, -0.2) is 18.2 Å². The molecule has 0 aliphatic rings. The Bertz CT molecular complexity index is 585. The molecule has 0 unspecified atom stereocenters. The fourth-order valence-electron chi connectivity index (χ4n) is 2.02. The van der Waals surface area contributed by atoms with E-state index < -0.39 is 5.97 Å². The number of hydrogen-bond acceptors (Lipinski definition) is 2. The summed E-state index contributed by atoms with van der Waals surface area (Å²) >= 11 is 0. The number of ether oxygens (including phenoxy) is 1. The van der Waals surface area contributed by atoms with E-state index in [0.29, 0.717) is 0 Å². The van der Waals surface area contributed by atoms with Crippen molar-refractivity contribution in [2.24, 2.45) is 0 Å². The molecule has 0 aliphatic carbocycles. The summed E-state index contributed by atoms with van der Waals surface area (Å²) in [4.78, 5) is 10.7. The van der Waals surface area contributed by atoms with E-state index in [1.807, 2.05) is 49.4 Å². The molecule has 2 aromatic carbocycles. The van der Waals surface area contributed by atoms with Gasteiger partial charge in [0.05, 0.1) is 13.5 Å². The third-order valence-electron chi connectivity index (χ3n) is 3.11. The molecule has 0 atom stereocenters.